The molecule has 0 fully saturated rings. The minimum Gasteiger partial charge on any atom is -0.437 e. The van der Waals surface area contributed by atoms with Crippen LogP contribution in [-0.4, -0.2) is 11.6 Å². The van der Waals surface area contributed by atoms with E-state index in [0.717, 1.165) is 12.1 Å². The Morgan fingerprint density at radius 3 is 3.18 bits per heavy atom. The summed E-state index contributed by atoms with van der Waals surface area (Å²) in [5.74, 6) is 2.32. The summed E-state index contributed by atoms with van der Waals surface area (Å²) < 4.78 is 9.85. The Morgan fingerprint density at radius 1 is 1.82 bits per heavy atom. The monoisotopic (exact) mass is 151 g/mol. The van der Waals surface area contributed by atoms with Crippen LogP contribution in [0.15, 0.2) is 10.7 Å². The highest BCUT2D eigenvalue weighted by atomic mass is 16.6. The molecule has 0 N–H and O–H groups in total. The number of aromatic nitrogens is 1. The molecule has 0 radical (unpaired) electrons. The molecule has 1 rings (SSSR count). The van der Waals surface area contributed by atoms with Gasteiger partial charge in [0.25, 0.3) is 0 Å². The Labute approximate surface area is 65.4 Å². The first kappa shape index (κ1) is 7.67. The lowest BCUT2D eigenvalue weighted by molar-refractivity contribution is 0.263. The lowest BCUT2D eigenvalue weighted by Gasteiger charge is -1.90. The van der Waals surface area contributed by atoms with E-state index in [1.54, 1.807) is 6.26 Å². The molecule has 1 aromatic heterocycles. The first-order valence-electron chi connectivity index (χ1n) is 3.37. The van der Waals surface area contributed by atoms with E-state index in [9.17, 15) is 0 Å². The predicted molar refractivity (Wildman–Crippen MR) is 40.2 cm³/mol. The molecular formula is C8H9NO2. The number of ether oxygens (including phenoxy) is 1. The second-order valence-corrected chi connectivity index (χ2v) is 1.95. The second kappa shape index (κ2) is 3.67. The van der Waals surface area contributed by atoms with Gasteiger partial charge in [0.1, 0.15) is 6.26 Å². The van der Waals surface area contributed by atoms with E-state index in [2.05, 4.69) is 10.9 Å². The van der Waals surface area contributed by atoms with Gasteiger partial charge in [0, 0.05) is 0 Å². The summed E-state index contributed by atoms with van der Waals surface area (Å²) in [6.07, 6.45) is 7.62. The lowest BCUT2D eigenvalue weighted by Crippen LogP contribution is -1.93. The van der Waals surface area contributed by atoms with Gasteiger partial charge >= 0.3 is 6.08 Å². The number of hydrogen-bond donors (Lipinski definition) is 0. The lowest BCUT2D eigenvalue weighted by atomic mass is 10.4. The maximum absolute atomic E-state index is 4.97. The van der Waals surface area contributed by atoms with Gasteiger partial charge in [0.2, 0.25) is 0 Å². The fourth-order valence-electron chi connectivity index (χ4n) is 0.620. The Balaban J connectivity index is 2.53. The van der Waals surface area contributed by atoms with Crippen molar-refractivity contribution >= 4 is 0 Å². The summed E-state index contributed by atoms with van der Waals surface area (Å²) in [7, 11) is 0. The van der Waals surface area contributed by atoms with Gasteiger partial charge in [-0.15, -0.1) is 6.42 Å². The molecule has 3 nitrogen and oxygen atoms in total. The zero-order valence-corrected chi connectivity index (χ0v) is 6.33. The van der Waals surface area contributed by atoms with E-state index in [1.165, 1.54) is 0 Å². The van der Waals surface area contributed by atoms with Crippen molar-refractivity contribution in [3.8, 4) is 18.4 Å². The van der Waals surface area contributed by atoms with Gasteiger partial charge in [0.05, 0.1) is 5.69 Å². The predicted octanol–water partition coefficient (Wildman–Crippen LogP) is 1.25. The second-order valence-electron chi connectivity index (χ2n) is 1.95. The molecule has 1 heterocycles. The Hall–Kier alpha value is -1.43. The molecule has 0 spiro atoms. The first-order chi connectivity index (χ1) is 5.36. The molecule has 0 saturated heterocycles. The maximum atomic E-state index is 4.97. The van der Waals surface area contributed by atoms with Gasteiger partial charge < -0.3 is 9.15 Å². The quantitative estimate of drug-likeness (QED) is 0.610. The van der Waals surface area contributed by atoms with Crippen molar-refractivity contribution in [1.82, 2.24) is 4.98 Å². The smallest absolute Gasteiger partial charge is 0.394 e. The van der Waals surface area contributed by atoms with E-state index in [0.29, 0.717) is 0 Å². The van der Waals surface area contributed by atoms with Crippen molar-refractivity contribution in [1.29, 1.82) is 0 Å². The first-order valence-corrected chi connectivity index (χ1v) is 3.37. The third kappa shape index (κ3) is 2.01. The molecule has 3 heteroatoms. The van der Waals surface area contributed by atoms with Crippen LogP contribution >= 0.6 is 0 Å². The molecule has 0 amide bonds. The molecule has 11 heavy (non-hydrogen) atoms. The third-order valence-corrected chi connectivity index (χ3v) is 1.17. The molecule has 0 aliphatic rings. The number of rotatable bonds is 3. The Morgan fingerprint density at radius 2 is 2.64 bits per heavy atom. The SMILES string of the molecule is C#CCOc1nc(CC)co1. The topological polar surface area (TPSA) is 35.3 Å². The van der Waals surface area contributed by atoms with Crippen LogP contribution in [0, 0.1) is 12.3 Å². The Kier molecular flexibility index (Phi) is 2.56. The number of hydrogen-bond acceptors (Lipinski definition) is 3. The maximum Gasteiger partial charge on any atom is 0.394 e. The van der Waals surface area contributed by atoms with Gasteiger partial charge in [-0.1, -0.05) is 12.8 Å². The molecule has 0 aliphatic heterocycles. The van der Waals surface area contributed by atoms with Crippen LogP contribution in [0.1, 0.15) is 12.6 Å². The van der Waals surface area contributed by atoms with Crippen molar-refractivity contribution in [3.05, 3.63) is 12.0 Å². The van der Waals surface area contributed by atoms with E-state index >= 15 is 0 Å². The van der Waals surface area contributed by atoms with Crippen LogP contribution in [0.25, 0.3) is 0 Å². The fraction of sp³-hybridized carbons (Fsp3) is 0.375. The highest BCUT2D eigenvalue weighted by molar-refractivity contribution is 5.00. The normalized spacial score (nSPS) is 9.09. The van der Waals surface area contributed by atoms with E-state index in [4.69, 9.17) is 15.6 Å². The van der Waals surface area contributed by atoms with Crippen molar-refractivity contribution < 1.29 is 9.15 Å². The number of nitrogens with zero attached hydrogens (tertiary/aromatic N) is 1. The average Bonchev–Trinajstić information content (AvgIpc) is 2.48. The van der Waals surface area contributed by atoms with Crippen LogP contribution in [-0.2, 0) is 6.42 Å². The standard InChI is InChI=1S/C8H9NO2/c1-3-5-10-8-9-7(4-2)6-11-8/h1,6H,4-5H2,2H3. The summed E-state index contributed by atoms with van der Waals surface area (Å²) in [5.41, 5.74) is 0.872. The van der Waals surface area contributed by atoms with Gasteiger partial charge in [-0.25, -0.2) is 0 Å². The molecule has 1 aromatic rings. The van der Waals surface area contributed by atoms with Gasteiger partial charge in [0.15, 0.2) is 6.61 Å². The Bertz CT molecular complexity index is 259. The van der Waals surface area contributed by atoms with Crippen LogP contribution < -0.4 is 4.74 Å². The van der Waals surface area contributed by atoms with Crippen LogP contribution in [0.4, 0.5) is 0 Å². The van der Waals surface area contributed by atoms with Crippen molar-refractivity contribution in [2.75, 3.05) is 6.61 Å². The van der Waals surface area contributed by atoms with Crippen molar-refractivity contribution in [2.45, 2.75) is 13.3 Å². The van der Waals surface area contributed by atoms with Gasteiger partial charge in [-0.2, -0.15) is 4.98 Å². The summed E-state index contributed by atoms with van der Waals surface area (Å²) in [6.45, 7) is 2.19. The molecule has 0 unspecified atom stereocenters. The zero-order chi connectivity index (χ0) is 8.10. The van der Waals surface area contributed by atoms with Crippen molar-refractivity contribution in [2.24, 2.45) is 0 Å². The largest absolute Gasteiger partial charge is 0.437 e. The number of terminal acetylenes is 1. The van der Waals surface area contributed by atoms with Gasteiger partial charge in [-0.3, -0.25) is 0 Å². The van der Waals surface area contributed by atoms with Crippen molar-refractivity contribution in [3.63, 3.8) is 0 Å². The number of oxazole rings is 1. The molecule has 0 atom stereocenters. The molecule has 0 saturated carbocycles. The van der Waals surface area contributed by atoms with E-state index in [-0.39, 0.29) is 12.7 Å². The highest BCUT2D eigenvalue weighted by Crippen LogP contribution is 2.09. The van der Waals surface area contributed by atoms with Crippen LogP contribution in [0.3, 0.4) is 0 Å². The van der Waals surface area contributed by atoms with Gasteiger partial charge in [-0.05, 0) is 6.42 Å². The molecule has 58 valence electrons. The number of aryl methyl sites for hydroxylation is 1. The summed E-state index contributed by atoms with van der Waals surface area (Å²) >= 11 is 0. The van der Waals surface area contributed by atoms with Crippen LogP contribution in [0.5, 0.6) is 6.08 Å². The van der Waals surface area contributed by atoms with Crippen LogP contribution in [0.2, 0.25) is 0 Å². The highest BCUT2D eigenvalue weighted by Gasteiger charge is 2.00. The third-order valence-electron chi connectivity index (χ3n) is 1.17. The minimum atomic E-state index is 0.198. The molecule has 0 aliphatic carbocycles. The fourth-order valence-corrected chi connectivity index (χ4v) is 0.620. The average molecular weight is 151 g/mol. The zero-order valence-electron chi connectivity index (χ0n) is 6.33. The van der Waals surface area contributed by atoms with E-state index in [1.807, 2.05) is 6.92 Å². The molecule has 0 bridgehead atoms. The summed E-state index contributed by atoms with van der Waals surface area (Å²) in [6, 6.07) is 0. The minimum absolute atomic E-state index is 0.198. The summed E-state index contributed by atoms with van der Waals surface area (Å²) in [4.78, 5) is 3.98. The molecule has 0 aromatic carbocycles. The molecular weight excluding hydrogens is 142 g/mol. The van der Waals surface area contributed by atoms with E-state index < -0.39 is 0 Å². The summed E-state index contributed by atoms with van der Waals surface area (Å²) in [5, 5.41) is 0.